The zero-order chi connectivity index (χ0) is 73.2. The van der Waals surface area contributed by atoms with Gasteiger partial charge < -0.3 is 62.1 Å². The van der Waals surface area contributed by atoms with Gasteiger partial charge in [-0.25, -0.2) is 0 Å². The SMILES string of the molecule is CCCCCC(=O)OCCCCOC(=O)CCN(CCC(=O)OCCCCOC(=O)CCCCC)CCN(CCC(=O)OCCCCOC(=O)CCCCC)CCN1CCN(CCN(CCC(=O)OCCCCOC(=O)CCCCC)CCC(=O)OCCCCOC(=O)CCCCC)CC1. The van der Waals surface area contributed by atoms with Crippen LogP contribution in [0.15, 0.2) is 0 Å². The molecule has 0 amide bonds. The smallest absolute Gasteiger partial charge is 0.307 e. The molecule has 1 heterocycles. The highest BCUT2D eigenvalue weighted by Gasteiger charge is 2.22. The van der Waals surface area contributed by atoms with Crippen molar-refractivity contribution < 1.29 is 95.3 Å². The van der Waals surface area contributed by atoms with Crippen LogP contribution in [0.1, 0.15) is 259 Å². The third kappa shape index (κ3) is 59.1. The largest absolute Gasteiger partial charge is 0.466 e. The van der Waals surface area contributed by atoms with E-state index in [4.69, 9.17) is 47.4 Å². The normalized spacial score (nSPS) is 12.5. The van der Waals surface area contributed by atoms with Gasteiger partial charge >= 0.3 is 59.7 Å². The van der Waals surface area contributed by atoms with E-state index in [0.717, 1.165) is 122 Å². The highest BCUT2D eigenvalue weighted by molar-refractivity contribution is 5.72. The number of nitrogens with zero attached hydrogens (tertiary/aromatic N) is 5. The number of ether oxygens (including phenoxy) is 10. The first-order chi connectivity index (χ1) is 48.6. The van der Waals surface area contributed by atoms with Gasteiger partial charge in [-0.15, -0.1) is 0 Å². The third-order valence-electron chi connectivity index (χ3n) is 17.1. The Hall–Kier alpha value is -5.50. The molecule has 1 aliphatic heterocycles. The minimum Gasteiger partial charge on any atom is -0.466 e. The van der Waals surface area contributed by atoms with Gasteiger partial charge in [0.15, 0.2) is 0 Å². The van der Waals surface area contributed by atoms with Crippen LogP contribution in [0.4, 0.5) is 0 Å². The summed E-state index contributed by atoms with van der Waals surface area (Å²) in [5.41, 5.74) is 0. The van der Waals surface area contributed by atoms with Crippen molar-refractivity contribution in [2.45, 2.75) is 259 Å². The van der Waals surface area contributed by atoms with Crippen LogP contribution in [0, 0.1) is 0 Å². The van der Waals surface area contributed by atoms with E-state index in [1.54, 1.807) is 0 Å². The minimum absolute atomic E-state index is 0.0765. The Labute approximate surface area is 600 Å². The molecule has 0 aromatic rings. The summed E-state index contributed by atoms with van der Waals surface area (Å²) in [6.07, 6.45) is 22.2. The lowest BCUT2D eigenvalue weighted by atomic mass is 10.2. The monoisotopic (exact) mass is 1430 g/mol. The van der Waals surface area contributed by atoms with Gasteiger partial charge in [0.1, 0.15) is 0 Å². The molecule has 580 valence electrons. The fraction of sp³-hybridized carbons (Fsp3) is 0.867. The molecule has 100 heavy (non-hydrogen) atoms. The maximum Gasteiger partial charge on any atom is 0.307 e. The first kappa shape index (κ1) is 92.5. The lowest BCUT2D eigenvalue weighted by Crippen LogP contribution is -2.50. The van der Waals surface area contributed by atoms with Crippen LogP contribution in [-0.2, 0) is 95.3 Å². The van der Waals surface area contributed by atoms with Gasteiger partial charge in [-0.1, -0.05) is 98.8 Å². The standard InChI is InChI=1S/C75H135N5O20/c1-6-11-16-31-66(81)91-56-21-26-61-96-71(86)36-41-76(42-37-72(87)97-62-27-22-57-92-67(82)32-17-12-7-2)46-48-78(45-40-75(90)100-65-30-25-60-95-70(85)35-20-15-10-5)49-51-80-54-52-79(53-55-80)50-47-77(43-38-73(88)98-63-28-23-58-93-68(83)33-18-13-8-3)44-39-74(89)99-64-29-24-59-94-69(84)34-19-14-9-4/h6-65H2,1-5H3. The van der Waals surface area contributed by atoms with E-state index < -0.39 is 0 Å². The predicted octanol–water partition coefficient (Wildman–Crippen LogP) is 10.7. The summed E-state index contributed by atoms with van der Waals surface area (Å²) < 4.78 is 54.5. The average molecular weight is 1430 g/mol. The minimum atomic E-state index is -0.387. The molecule has 0 unspecified atom stereocenters. The fourth-order valence-corrected chi connectivity index (χ4v) is 10.5. The second-order valence-corrected chi connectivity index (χ2v) is 26.0. The van der Waals surface area contributed by atoms with E-state index in [0.29, 0.717) is 168 Å². The molecule has 0 radical (unpaired) electrons. The number of carbonyl (C=O) groups excluding carboxylic acids is 10. The van der Waals surface area contributed by atoms with E-state index in [9.17, 15) is 47.9 Å². The van der Waals surface area contributed by atoms with Crippen molar-refractivity contribution in [3.8, 4) is 0 Å². The summed E-state index contributed by atoms with van der Waals surface area (Å²) >= 11 is 0. The summed E-state index contributed by atoms with van der Waals surface area (Å²) in [5, 5.41) is 0. The number of unbranched alkanes of at least 4 members (excludes halogenated alkanes) is 15. The van der Waals surface area contributed by atoms with Crippen LogP contribution in [0.25, 0.3) is 0 Å². The summed E-state index contributed by atoms with van der Waals surface area (Å²) in [6, 6.07) is 0. The van der Waals surface area contributed by atoms with E-state index in [2.05, 4.69) is 54.2 Å². The first-order valence-corrected chi connectivity index (χ1v) is 38.8. The Kier molecular flexibility index (Phi) is 61.7. The van der Waals surface area contributed by atoms with Crippen LogP contribution in [-0.4, -0.2) is 248 Å². The quantitative estimate of drug-likeness (QED) is 0.0311. The molecule has 0 saturated carbocycles. The maximum atomic E-state index is 13.2. The van der Waals surface area contributed by atoms with Crippen LogP contribution in [0.2, 0.25) is 0 Å². The van der Waals surface area contributed by atoms with Gasteiger partial charge in [-0.05, 0) is 96.3 Å². The van der Waals surface area contributed by atoms with Gasteiger partial charge in [-0.2, -0.15) is 0 Å². The number of hydrogen-bond acceptors (Lipinski definition) is 25. The molecule has 0 aliphatic carbocycles. The van der Waals surface area contributed by atoms with Crippen molar-refractivity contribution >= 4 is 59.7 Å². The summed E-state index contributed by atoms with van der Waals surface area (Å²) in [6.45, 7) is 21.3. The Balaban J connectivity index is 3.07. The third-order valence-corrected chi connectivity index (χ3v) is 17.1. The average Bonchev–Trinajstić information content (AvgIpc) is 0.944. The van der Waals surface area contributed by atoms with Crippen molar-refractivity contribution in [3.63, 3.8) is 0 Å². The van der Waals surface area contributed by atoms with Crippen LogP contribution in [0.3, 0.4) is 0 Å². The topological polar surface area (TPSA) is 279 Å². The second-order valence-electron chi connectivity index (χ2n) is 26.0. The van der Waals surface area contributed by atoms with E-state index in [-0.39, 0.29) is 158 Å². The molecule has 25 nitrogen and oxygen atoms in total. The van der Waals surface area contributed by atoms with E-state index in [1.165, 1.54) is 0 Å². The number of rotatable bonds is 69. The lowest BCUT2D eigenvalue weighted by molar-refractivity contribution is -0.147. The van der Waals surface area contributed by atoms with E-state index >= 15 is 0 Å². The maximum absolute atomic E-state index is 13.2. The predicted molar refractivity (Wildman–Crippen MR) is 382 cm³/mol. The van der Waals surface area contributed by atoms with Gasteiger partial charge in [0.05, 0.1) is 98.2 Å². The Morgan fingerprint density at radius 2 is 0.370 bits per heavy atom. The van der Waals surface area contributed by atoms with Crippen LogP contribution >= 0.6 is 0 Å². The molecule has 0 spiro atoms. The van der Waals surface area contributed by atoms with Gasteiger partial charge in [-0.3, -0.25) is 57.7 Å². The highest BCUT2D eigenvalue weighted by atomic mass is 16.6. The Bertz CT molecular complexity index is 2030. The Morgan fingerprint density at radius 3 is 0.550 bits per heavy atom. The van der Waals surface area contributed by atoms with Crippen LogP contribution < -0.4 is 0 Å². The number of esters is 10. The summed E-state index contributed by atoms with van der Waals surface area (Å²) in [7, 11) is 0. The van der Waals surface area contributed by atoms with Crippen molar-refractivity contribution in [2.75, 3.05) is 164 Å². The van der Waals surface area contributed by atoms with Crippen molar-refractivity contribution in [2.24, 2.45) is 0 Å². The summed E-state index contributed by atoms with van der Waals surface area (Å²) in [4.78, 5) is 137. The van der Waals surface area contributed by atoms with Gasteiger partial charge in [0.25, 0.3) is 0 Å². The first-order valence-electron chi connectivity index (χ1n) is 38.8. The molecular formula is C75H135N5O20. The fourth-order valence-electron chi connectivity index (χ4n) is 10.5. The second kappa shape index (κ2) is 66.7. The molecule has 25 heteroatoms. The van der Waals surface area contributed by atoms with E-state index in [1.807, 2.05) is 4.90 Å². The number of piperazine rings is 1. The molecule has 1 fully saturated rings. The molecule has 1 saturated heterocycles. The lowest BCUT2D eigenvalue weighted by Gasteiger charge is -2.37. The van der Waals surface area contributed by atoms with Crippen LogP contribution in [0.5, 0.6) is 0 Å². The van der Waals surface area contributed by atoms with Crippen molar-refractivity contribution in [3.05, 3.63) is 0 Å². The zero-order valence-electron chi connectivity index (χ0n) is 62.8. The highest BCUT2D eigenvalue weighted by Crippen LogP contribution is 2.11. The molecule has 0 aromatic carbocycles. The molecule has 0 N–H and O–H groups in total. The Morgan fingerprint density at radius 1 is 0.210 bits per heavy atom. The molecule has 0 bridgehead atoms. The zero-order valence-corrected chi connectivity index (χ0v) is 62.8. The van der Waals surface area contributed by atoms with Gasteiger partial charge in [0, 0.05) is 130 Å². The molecule has 1 aliphatic rings. The molecule has 0 aromatic heterocycles. The summed E-state index contributed by atoms with van der Waals surface area (Å²) in [5.74, 6) is -2.87. The number of carbonyl (C=O) groups is 10. The number of hydrogen-bond donors (Lipinski definition) is 0. The molecule has 1 rings (SSSR count). The van der Waals surface area contributed by atoms with Crippen molar-refractivity contribution in [1.82, 2.24) is 24.5 Å². The molecular weight excluding hydrogens is 1290 g/mol. The van der Waals surface area contributed by atoms with Crippen molar-refractivity contribution in [1.29, 1.82) is 0 Å². The molecule has 0 atom stereocenters. The van der Waals surface area contributed by atoms with Gasteiger partial charge in [0.2, 0.25) is 0 Å².